The predicted octanol–water partition coefficient (Wildman–Crippen LogP) is 3.30. The number of halogens is 1. The Balaban J connectivity index is 3.56. The molecule has 0 aliphatic carbocycles. The molecule has 0 spiro atoms. The fraction of sp³-hybridized carbons (Fsp3) is 0.364. The van der Waals surface area contributed by atoms with Gasteiger partial charge in [0.1, 0.15) is 0 Å². The molecule has 1 aromatic rings. The zero-order chi connectivity index (χ0) is 10.2. The Kier molecular flexibility index (Phi) is 2.77. The van der Waals surface area contributed by atoms with E-state index in [0.29, 0.717) is 5.56 Å². The van der Waals surface area contributed by atoms with E-state index in [4.69, 9.17) is 11.6 Å². The second-order valence-electron chi connectivity index (χ2n) is 3.41. The molecule has 0 saturated heterocycles. The van der Waals surface area contributed by atoms with Crippen LogP contribution < -0.4 is 0 Å². The van der Waals surface area contributed by atoms with Crippen LogP contribution in [0.25, 0.3) is 0 Å². The third-order valence-corrected chi connectivity index (χ3v) is 2.75. The summed E-state index contributed by atoms with van der Waals surface area (Å²) in [7, 11) is 0. The number of hydrogen-bond acceptors (Lipinski definition) is 1. The van der Waals surface area contributed by atoms with E-state index in [1.54, 1.807) is 0 Å². The third-order valence-electron chi connectivity index (χ3n) is 2.56. The van der Waals surface area contributed by atoms with Crippen LogP contribution in [0, 0.1) is 27.7 Å². The number of carbonyl (C=O) groups excluding carboxylic acids is 1. The minimum atomic E-state index is -0.359. The summed E-state index contributed by atoms with van der Waals surface area (Å²) in [4.78, 5) is 11.2. The molecule has 0 aliphatic rings. The molecule has 0 aliphatic heterocycles. The molecule has 1 nitrogen and oxygen atoms in total. The van der Waals surface area contributed by atoms with Crippen LogP contribution >= 0.6 is 11.6 Å². The van der Waals surface area contributed by atoms with Crippen molar-refractivity contribution in [1.29, 1.82) is 0 Å². The smallest absolute Gasteiger partial charge is 0.252 e. The highest BCUT2D eigenvalue weighted by atomic mass is 35.5. The quantitative estimate of drug-likeness (QED) is 0.630. The highest BCUT2D eigenvalue weighted by molar-refractivity contribution is 6.68. The average molecular weight is 197 g/mol. The van der Waals surface area contributed by atoms with Crippen LogP contribution in [0.5, 0.6) is 0 Å². The van der Waals surface area contributed by atoms with Crippen molar-refractivity contribution in [3.05, 3.63) is 33.9 Å². The highest BCUT2D eigenvalue weighted by Gasteiger charge is 2.12. The van der Waals surface area contributed by atoms with Gasteiger partial charge in [0.2, 0.25) is 0 Å². The normalized spacial score (nSPS) is 10.2. The van der Waals surface area contributed by atoms with E-state index in [0.717, 1.165) is 22.3 Å². The summed E-state index contributed by atoms with van der Waals surface area (Å²) in [6.07, 6.45) is 0. The molecule has 13 heavy (non-hydrogen) atoms. The molecule has 1 aromatic carbocycles. The van der Waals surface area contributed by atoms with Gasteiger partial charge in [0, 0.05) is 5.56 Å². The Morgan fingerprint density at radius 3 is 1.77 bits per heavy atom. The molecule has 0 atom stereocenters. The molecule has 0 saturated carbocycles. The van der Waals surface area contributed by atoms with Crippen molar-refractivity contribution in [2.45, 2.75) is 27.7 Å². The molecule has 0 unspecified atom stereocenters. The van der Waals surface area contributed by atoms with Crippen LogP contribution in [0.4, 0.5) is 0 Å². The molecular weight excluding hydrogens is 184 g/mol. The molecule has 1 rings (SSSR count). The molecule has 0 radical (unpaired) electrons. The van der Waals surface area contributed by atoms with Gasteiger partial charge in [-0.25, -0.2) is 0 Å². The Bertz CT molecular complexity index is 341. The maximum absolute atomic E-state index is 11.2. The summed E-state index contributed by atoms with van der Waals surface area (Å²) < 4.78 is 0. The lowest BCUT2D eigenvalue weighted by molar-refractivity contribution is 0.108. The summed E-state index contributed by atoms with van der Waals surface area (Å²) in [5, 5.41) is -0.359. The van der Waals surface area contributed by atoms with Gasteiger partial charge in [-0.1, -0.05) is 6.07 Å². The van der Waals surface area contributed by atoms with Crippen molar-refractivity contribution < 1.29 is 4.79 Å². The topological polar surface area (TPSA) is 17.1 Å². The van der Waals surface area contributed by atoms with Crippen LogP contribution in [0.3, 0.4) is 0 Å². The molecule has 0 aromatic heterocycles. The van der Waals surface area contributed by atoms with Crippen molar-refractivity contribution in [1.82, 2.24) is 0 Å². The number of benzene rings is 1. The fourth-order valence-electron chi connectivity index (χ4n) is 1.51. The standard InChI is InChI=1S/C11H13ClO/c1-6-5-7(2)9(4)10(8(6)3)11(12)13/h5H,1-4H3. The molecule has 70 valence electrons. The Hall–Kier alpha value is -0.820. The number of hydrogen-bond donors (Lipinski definition) is 0. The van der Waals surface area contributed by atoms with Gasteiger partial charge in [0.25, 0.3) is 5.24 Å². The first-order valence-electron chi connectivity index (χ1n) is 4.22. The van der Waals surface area contributed by atoms with Gasteiger partial charge in [-0.3, -0.25) is 4.79 Å². The number of aryl methyl sites for hydroxylation is 2. The van der Waals surface area contributed by atoms with Crippen molar-refractivity contribution in [3.8, 4) is 0 Å². The second kappa shape index (κ2) is 3.51. The maximum atomic E-state index is 11.2. The number of rotatable bonds is 1. The lowest BCUT2D eigenvalue weighted by atomic mass is 9.95. The van der Waals surface area contributed by atoms with Gasteiger partial charge in [-0.2, -0.15) is 0 Å². The van der Waals surface area contributed by atoms with Gasteiger partial charge in [-0.15, -0.1) is 0 Å². The van der Waals surface area contributed by atoms with Gasteiger partial charge >= 0.3 is 0 Å². The molecular formula is C11H13ClO. The van der Waals surface area contributed by atoms with Crippen molar-refractivity contribution >= 4 is 16.8 Å². The van der Waals surface area contributed by atoms with E-state index in [2.05, 4.69) is 6.07 Å². The van der Waals surface area contributed by atoms with Crippen molar-refractivity contribution in [3.63, 3.8) is 0 Å². The summed E-state index contributed by atoms with van der Waals surface area (Å²) in [5.74, 6) is 0. The molecule has 0 amide bonds. The first kappa shape index (κ1) is 10.3. The molecule has 0 fully saturated rings. The Labute approximate surface area is 83.7 Å². The van der Waals surface area contributed by atoms with E-state index >= 15 is 0 Å². The lowest BCUT2D eigenvalue weighted by Gasteiger charge is -2.11. The minimum absolute atomic E-state index is 0.359. The summed E-state index contributed by atoms with van der Waals surface area (Å²) in [5.41, 5.74) is 4.88. The summed E-state index contributed by atoms with van der Waals surface area (Å²) in [6, 6.07) is 2.08. The first-order chi connectivity index (χ1) is 5.95. The second-order valence-corrected chi connectivity index (χ2v) is 3.75. The van der Waals surface area contributed by atoms with E-state index in [-0.39, 0.29) is 5.24 Å². The Morgan fingerprint density at radius 1 is 1.08 bits per heavy atom. The largest absolute Gasteiger partial charge is 0.276 e. The Morgan fingerprint density at radius 2 is 1.46 bits per heavy atom. The van der Waals surface area contributed by atoms with Gasteiger partial charge in [0.05, 0.1) is 0 Å². The van der Waals surface area contributed by atoms with E-state index in [1.165, 1.54) is 0 Å². The summed E-state index contributed by atoms with van der Waals surface area (Å²) >= 11 is 5.52. The zero-order valence-corrected chi connectivity index (χ0v) is 9.12. The van der Waals surface area contributed by atoms with E-state index in [1.807, 2.05) is 27.7 Å². The molecule has 0 heterocycles. The zero-order valence-electron chi connectivity index (χ0n) is 8.36. The van der Waals surface area contributed by atoms with Gasteiger partial charge in [-0.05, 0) is 61.5 Å². The van der Waals surface area contributed by atoms with Crippen LogP contribution in [0.15, 0.2) is 6.07 Å². The monoisotopic (exact) mass is 196 g/mol. The maximum Gasteiger partial charge on any atom is 0.252 e. The van der Waals surface area contributed by atoms with Crippen LogP contribution in [-0.4, -0.2) is 5.24 Å². The van der Waals surface area contributed by atoms with E-state index in [9.17, 15) is 4.79 Å². The average Bonchev–Trinajstić information content (AvgIpc) is 2.01. The molecule has 2 heteroatoms. The van der Waals surface area contributed by atoms with Crippen LogP contribution in [0.1, 0.15) is 32.6 Å². The number of carbonyl (C=O) groups is 1. The fourth-order valence-corrected chi connectivity index (χ4v) is 1.80. The van der Waals surface area contributed by atoms with E-state index < -0.39 is 0 Å². The van der Waals surface area contributed by atoms with Gasteiger partial charge < -0.3 is 0 Å². The van der Waals surface area contributed by atoms with Crippen LogP contribution in [0.2, 0.25) is 0 Å². The molecule has 0 N–H and O–H groups in total. The third kappa shape index (κ3) is 1.75. The molecule has 0 bridgehead atoms. The predicted molar refractivity (Wildman–Crippen MR) is 55.6 cm³/mol. The first-order valence-corrected chi connectivity index (χ1v) is 4.60. The van der Waals surface area contributed by atoms with Gasteiger partial charge in [0.15, 0.2) is 0 Å². The highest BCUT2D eigenvalue weighted by Crippen LogP contribution is 2.22. The SMILES string of the molecule is Cc1cc(C)c(C)c(C(=O)Cl)c1C. The minimum Gasteiger partial charge on any atom is -0.276 e. The lowest BCUT2D eigenvalue weighted by Crippen LogP contribution is -2.02. The van der Waals surface area contributed by atoms with Crippen LogP contribution in [-0.2, 0) is 0 Å². The van der Waals surface area contributed by atoms with Crippen molar-refractivity contribution in [2.75, 3.05) is 0 Å². The summed E-state index contributed by atoms with van der Waals surface area (Å²) in [6.45, 7) is 7.84. The van der Waals surface area contributed by atoms with Crippen molar-refractivity contribution in [2.24, 2.45) is 0 Å².